The van der Waals surface area contributed by atoms with Gasteiger partial charge in [-0.3, -0.25) is 14.1 Å². The van der Waals surface area contributed by atoms with Gasteiger partial charge in [0.25, 0.3) is 5.56 Å². The molecule has 3 aromatic rings. The Bertz CT molecular complexity index is 979. The number of methoxy groups -OCH3 is 1. The molecule has 3 heterocycles. The van der Waals surface area contributed by atoms with Crippen molar-refractivity contribution in [2.45, 2.75) is 25.8 Å². The van der Waals surface area contributed by atoms with E-state index in [4.69, 9.17) is 4.74 Å². The van der Waals surface area contributed by atoms with E-state index in [9.17, 15) is 4.79 Å². The minimum Gasteiger partial charge on any atom is -0.497 e. The molecule has 1 atom stereocenters. The zero-order valence-corrected chi connectivity index (χ0v) is 15.2. The summed E-state index contributed by atoms with van der Waals surface area (Å²) >= 11 is 0. The quantitative estimate of drug-likeness (QED) is 0.726. The van der Waals surface area contributed by atoms with Gasteiger partial charge >= 0.3 is 0 Å². The fourth-order valence-electron chi connectivity index (χ4n) is 3.69. The molecule has 134 valence electrons. The number of hydrogen-bond donors (Lipinski definition) is 0. The normalized spacial score (nSPS) is 17.7. The largest absolute Gasteiger partial charge is 0.497 e. The first-order valence-corrected chi connectivity index (χ1v) is 8.97. The number of pyridine rings is 1. The summed E-state index contributed by atoms with van der Waals surface area (Å²) in [5.74, 6) is 1.41. The number of hydrogen-bond acceptors (Lipinski definition) is 4. The van der Waals surface area contributed by atoms with Crippen LogP contribution in [0, 0.1) is 6.92 Å². The smallest absolute Gasteiger partial charge is 0.258 e. The second-order valence-corrected chi connectivity index (χ2v) is 7.01. The molecule has 0 spiro atoms. The summed E-state index contributed by atoms with van der Waals surface area (Å²) in [5, 5.41) is 0. The highest BCUT2D eigenvalue weighted by Gasteiger charge is 2.24. The highest BCUT2D eigenvalue weighted by Crippen LogP contribution is 2.29. The van der Waals surface area contributed by atoms with Gasteiger partial charge in [-0.1, -0.05) is 18.2 Å². The second kappa shape index (κ2) is 6.92. The van der Waals surface area contributed by atoms with Crippen LogP contribution in [0.5, 0.6) is 5.75 Å². The van der Waals surface area contributed by atoms with E-state index in [-0.39, 0.29) is 5.56 Å². The third kappa shape index (κ3) is 3.35. The Hall–Kier alpha value is -2.66. The van der Waals surface area contributed by atoms with E-state index >= 15 is 0 Å². The van der Waals surface area contributed by atoms with Gasteiger partial charge in [0.05, 0.1) is 12.8 Å². The van der Waals surface area contributed by atoms with Crippen molar-refractivity contribution in [2.75, 3.05) is 20.2 Å². The van der Waals surface area contributed by atoms with Crippen LogP contribution in [0.25, 0.3) is 5.65 Å². The van der Waals surface area contributed by atoms with Gasteiger partial charge in [0, 0.05) is 25.4 Å². The van der Waals surface area contributed by atoms with Crippen LogP contribution in [0.15, 0.2) is 53.5 Å². The van der Waals surface area contributed by atoms with Crippen LogP contribution in [0.4, 0.5) is 0 Å². The average molecular weight is 349 g/mol. The molecule has 0 saturated carbocycles. The Morgan fingerprint density at radius 3 is 2.77 bits per heavy atom. The molecular formula is C21H23N3O2. The van der Waals surface area contributed by atoms with Crippen molar-refractivity contribution in [1.82, 2.24) is 14.3 Å². The third-order valence-corrected chi connectivity index (χ3v) is 5.11. The van der Waals surface area contributed by atoms with Crippen LogP contribution in [-0.2, 0) is 6.54 Å². The summed E-state index contributed by atoms with van der Waals surface area (Å²) in [7, 11) is 1.69. The third-order valence-electron chi connectivity index (χ3n) is 5.11. The lowest BCUT2D eigenvalue weighted by atomic mass is 9.98. The molecule has 1 unspecified atom stereocenters. The molecule has 1 aliphatic rings. The lowest BCUT2D eigenvalue weighted by molar-refractivity contribution is 0.322. The maximum atomic E-state index is 12.4. The maximum absolute atomic E-state index is 12.4. The summed E-state index contributed by atoms with van der Waals surface area (Å²) in [6, 6.07) is 13.9. The lowest BCUT2D eigenvalue weighted by Crippen LogP contribution is -2.23. The summed E-state index contributed by atoms with van der Waals surface area (Å²) in [6.07, 6.45) is 2.96. The molecule has 5 heteroatoms. The van der Waals surface area contributed by atoms with Gasteiger partial charge in [0.2, 0.25) is 0 Å². The first-order valence-electron chi connectivity index (χ1n) is 8.97. The lowest BCUT2D eigenvalue weighted by Gasteiger charge is -2.16. The molecule has 1 aromatic carbocycles. The van der Waals surface area contributed by atoms with Crippen LogP contribution < -0.4 is 10.3 Å². The van der Waals surface area contributed by atoms with Crippen molar-refractivity contribution in [3.8, 4) is 5.75 Å². The fraction of sp³-hybridized carbons (Fsp3) is 0.333. The molecule has 0 amide bonds. The number of aromatic nitrogens is 2. The Kier molecular flexibility index (Phi) is 4.47. The predicted octanol–water partition coefficient (Wildman–Crippen LogP) is 3.00. The molecule has 1 fully saturated rings. The maximum Gasteiger partial charge on any atom is 0.258 e. The molecule has 26 heavy (non-hydrogen) atoms. The molecule has 0 N–H and O–H groups in total. The van der Waals surface area contributed by atoms with E-state index in [1.54, 1.807) is 17.6 Å². The first-order chi connectivity index (χ1) is 12.6. The number of likely N-dealkylation sites (tertiary alicyclic amines) is 1. The standard InChI is InChI=1S/C21H23N3O2/c1-15-3-8-20-22-18(11-21(25)24(20)12-15)14-23-10-9-17(13-23)16-4-6-19(26-2)7-5-16/h3-8,11-12,17H,9-10,13-14H2,1-2H3. The minimum atomic E-state index is -0.0143. The van der Waals surface area contributed by atoms with Crippen molar-refractivity contribution in [1.29, 1.82) is 0 Å². The number of benzene rings is 1. The van der Waals surface area contributed by atoms with Crippen molar-refractivity contribution in [3.63, 3.8) is 0 Å². The topological polar surface area (TPSA) is 46.8 Å². The Labute approximate surface area is 152 Å². The minimum absolute atomic E-state index is 0.0143. The van der Waals surface area contributed by atoms with Crippen molar-refractivity contribution in [2.24, 2.45) is 0 Å². The summed E-state index contributed by atoms with van der Waals surface area (Å²) in [5.41, 5.74) is 3.93. The van der Waals surface area contributed by atoms with E-state index in [1.165, 1.54) is 5.56 Å². The van der Waals surface area contributed by atoms with Gasteiger partial charge in [0.1, 0.15) is 11.4 Å². The van der Waals surface area contributed by atoms with E-state index in [1.807, 2.05) is 37.4 Å². The van der Waals surface area contributed by atoms with Crippen LogP contribution in [0.2, 0.25) is 0 Å². The Morgan fingerprint density at radius 2 is 2.00 bits per heavy atom. The SMILES string of the molecule is COc1ccc(C2CCN(Cc3cc(=O)n4cc(C)ccc4n3)C2)cc1. The summed E-state index contributed by atoms with van der Waals surface area (Å²) < 4.78 is 6.85. The Balaban J connectivity index is 1.49. The molecule has 1 aliphatic heterocycles. The van der Waals surface area contributed by atoms with Gasteiger partial charge in [-0.05, 0) is 55.1 Å². The van der Waals surface area contributed by atoms with Crippen molar-refractivity contribution < 1.29 is 4.74 Å². The Morgan fingerprint density at radius 1 is 1.19 bits per heavy atom. The zero-order chi connectivity index (χ0) is 18.1. The monoisotopic (exact) mass is 349 g/mol. The molecule has 4 rings (SSSR count). The van der Waals surface area contributed by atoms with E-state index in [0.717, 1.165) is 36.5 Å². The van der Waals surface area contributed by atoms with Gasteiger partial charge in [-0.15, -0.1) is 0 Å². The van der Waals surface area contributed by atoms with Crippen LogP contribution in [0.3, 0.4) is 0 Å². The van der Waals surface area contributed by atoms with Crippen LogP contribution in [-0.4, -0.2) is 34.5 Å². The first kappa shape index (κ1) is 16.8. The summed E-state index contributed by atoms with van der Waals surface area (Å²) in [6.45, 7) is 4.70. The van der Waals surface area contributed by atoms with Gasteiger partial charge in [-0.25, -0.2) is 4.98 Å². The van der Waals surface area contributed by atoms with E-state index < -0.39 is 0 Å². The summed E-state index contributed by atoms with van der Waals surface area (Å²) in [4.78, 5) is 19.4. The predicted molar refractivity (Wildman–Crippen MR) is 102 cm³/mol. The van der Waals surface area contributed by atoms with Crippen LogP contribution in [0.1, 0.15) is 29.2 Å². The number of fused-ring (bicyclic) bond motifs is 1. The van der Waals surface area contributed by atoms with E-state index in [2.05, 4.69) is 22.0 Å². The molecule has 0 aliphatic carbocycles. The second-order valence-electron chi connectivity index (χ2n) is 7.01. The van der Waals surface area contributed by atoms with Gasteiger partial charge in [-0.2, -0.15) is 0 Å². The molecule has 0 radical (unpaired) electrons. The highest BCUT2D eigenvalue weighted by molar-refractivity contribution is 5.40. The molecule has 0 bridgehead atoms. The van der Waals surface area contributed by atoms with Crippen molar-refractivity contribution >= 4 is 5.65 Å². The number of ether oxygens (including phenoxy) is 1. The van der Waals surface area contributed by atoms with Gasteiger partial charge in [0.15, 0.2) is 0 Å². The molecular weight excluding hydrogens is 326 g/mol. The highest BCUT2D eigenvalue weighted by atomic mass is 16.5. The number of rotatable bonds is 4. The number of aryl methyl sites for hydroxylation is 1. The fourth-order valence-corrected chi connectivity index (χ4v) is 3.69. The van der Waals surface area contributed by atoms with Gasteiger partial charge < -0.3 is 4.74 Å². The molecule has 2 aromatic heterocycles. The van der Waals surface area contributed by atoms with Crippen LogP contribution >= 0.6 is 0 Å². The van der Waals surface area contributed by atoms with E-state index in [0.29, 0.717) is 18.1 Å². The molecule has 1 saturated heterocycles. The number of nitrogens with zero attached hydrogens (tertiary/aromatic N) is 3. The average Bonchev–Trinajstić information content (AvgIpc) is 3.11. The zero-order valence-electron chi connectivity index (χ0n) is 15.2. The van der Waals surface area contributed by atoms with Crippen molar-refractivity contribution in [3.05, 3.63) is 75.8 Å². The molecule has 5 nitrogen and oxygen atoms in total.